The molecule has 1 aromatic heterocycles. The average Bonchev–Trinajstić information content (AvgIpc) is 2.98. The van der Waals surface area contributed by atoms with E-state index in [2.05, 4.69) is 33.1 Å². The molecule has 0 bridgehead atoms. The molecule has 1 unspecified atom stereocenters. The van der Waals surface area contributed by atoms with Crippen LogP contribution in [0.5, 0.6) is 0 Å². The maximum atomic E-state index is 5.48. The Morgan fingerprint density at radius 3 is 2.95 bits per heavy atom. The van der Waals surface area contributed by atoms with Crippen molar-refractivity contribution in [1.29, 1.82) is 0 Å². The van der Waals surface area contributed by atoms with Crippen molar-refractivity contribution in [1.82, 2.24) is 15.1 Å². The quantitative estimate of drug-likeness (QED) is 0.843. The highest BCUT2D eigenvalue weighted by Gasteiger charge is 2.33. The van der Waals surface area contributed by atoms with Gasteiger partial charge in [-0.15, -0.1) is 5.10 Å². The van der Waals surface area contributed by atoms with Gasteiger partial charge >= 0.3 is 0 Å². The molecule has 3 heterocycles. The van der Waals surface area contributed by atoms with Gasteiger partial charge in [0.05, 0.1) is 12.3 Å². The number of anilines is 1. The molecule has 2 fully saturated rings. The summed E-state index contributed by atoms with van der Waals surface area (Å²) in [4.78, 5) is 4.87. The van der Waals surface area contributed by atoms with Crippen molar-refractivity contribution in [2.24, 2.45) is 5.92 Å². The number of ether oxygens (including phenoxy) is 1. The van der Waals surface area contributed by atoms with Crippen LogP contribution in [0.15, 0.2) is 6.07 Å². The molecule has 0 saturated carbocycles. The molecule has 0 aromatic carbocycles. The SMILES string of the molecule is CN(CC1CCOC1)C1CN(c2cc3c(nn2)CCCC3)C1. The molecule has 0 radical (unpaired) electrons. The number of hydrogen-bond acceptors (Lipinski definition) is 5. The number of nitrogens with zero attached hydrogens (tertiary/aromatic N) is 4. The van der Waals surface area contributed by atoms with Crippen LogP contribution in [0.25, 0.3) is 0 Å². The summed E-state index contributed by atoms with van der Waals surface area (Å²) >= 11 is 0. The third-order valence-electron chi connectivity index (χ3n) is 5.44. The molecule has 4 rings (SSSR count). The van der Waals surface area contributed by atoms with Gasteiger partial charge in [-0.2, -0.15) is 5.10 Å². The monoisotopic (exact) mass is 302 g/mol. The van der Waals surface area contributed by atoms with Gasteiger partial charge in [0.1, 0.15) is 0 Å². The second-order valence-electron chi connectivity index (χ2n) is 7.11. The normalized spacial score (nSPS) is 25.4. The largest absolute Gasteiger partial charge is 0.381 e. The fourth-order valence-electron chi connectivity index (χ4n) is 3.84. The van der Waals surface area contributed by atoms with Crippen molar-refractivity contribution in [3.8, 4) is 0 Å². The number of hydrogen-bond donors (Lipinski definition) is 0. The first kappa shape index (κ1) is 14.4. The van der Waals surface area contributed by atoms with Crippen LogP contribution in [0.1, 0.15) is 30.5 Å². The Labute approximate surface area is 132 Å². The zero-order valence-corrected chi connectivity index (χ0v) is 13.5. The molecule has 3 aliphatic rings. The third kappa shape index (κ3) is 2.84. The summed E-state index contributed by atoms with van der Waals surface area (Å²) in [6.07, 6.45) is 6.07. The zero-order chi connectivity index (χ0) is 14.9. The van der Waals surface area contributed by atoms with Gasteiger partial charge in [-0.25, -0.2) is 0 Å². The molecule has 120 valence electrons. The van der Waals surface area contributed by atoms with Gasteiger partial charge in [-0.1, -0.05) is 0 Å². The molecular formula is C17H26N4O. The molecule has 0 amide bonds. The fourth-order valence-corrected chi connectivity index (χ4v) is 3.84. The molecular weight excluding hydrogens is 276 g/mol. The summed E-state index contributed by atoms with van der Waals surface area (Å²) < 4.78 is 5.48. The first-order valence-electron chi connectivity index (χ1n) is 8.68. The lowest BCUT2D eigenvalue weighted by Gasteiger charge is -2.45. The number of rotatable bonds is 4. The van der Waals surface area contributed by atoms with Gasteiger partial charge in [0.2, 0.25) is 0 Å². The Morgan fingerprint density at radius 1 is 1.27 bits per heavy atom. The van der Waals surface area contributed by atoms with Crippen LogP contribution in [0, 0.1) is 5.92 Å². The van der Waals surface area contributed by atoms with Gasteiger partial charge in [0.15, 0.2) is 5.82 Å². The van der Waals surface area contributed by atoms with Gasteiger partial charge in [0, 0.05) is 32.3 Å². The van der Waals surface area contributed by atoms with E-state index in [1.807, 2.05) is 0 Å². The Bertz CT molecular complexity index is 523. The van der Waals surface area contributed by atoms with E-state index in [4.69, 9.17) is 4.74 Å². The topological polar surface area (TPSA) is 41.5 Å². The van der Waals surface area contributed by atoms with Gasteiger partial charge in [-0.05, 0) is 56.7 Å². The number of aryl methyl sites for hydroxylation is 2. The van der Waals surface area contributed by atoms with Crippen molar-refractivity contribution in [2.45, 2.75) is 38.1 Å². The van der Waals surface area contributed by atoms with Crippen LogP contribution >= 0.6 is 0 Å². The van der Waals surface area contributed by atoms with E-state index >= 15 is 0 Å². The molecule has 5 heteroatoms. The summed E-state index contributed by atoms with van der Waals surface area (Å²) in [7, 11) is 2.25. The predicted molar refractivity (Wildman–Crippen MR) is 86.2 cm³/mol. The van der Waals surface area contributed by atoms with Crippen LogP contribution in [-0.4, -0.2) is 61.0 Å². The van der Waals surface area contributed by atoms with Gasteiger partial charge < -0.3 is 9.64 Å². The van der Waals surface area contributed by atoms with Crippen LogP contribution in [0.2, 0.25) is 0 Å². The molecule has 1 aliphatic carbocycles. The standard InChI is InChI=1S/C17H26N4O/c1-20(9-13-6-7-22-12-13)15-10-21(11-15)17-8-14-4-2-3-5-16(14)18-19-17/h8,13,15H,2-7,9-12H2,1H3. The molecule has 0 spiro atoms. The second-order valence-corrected chi connectivity index (χ2v) is 7.11. The first-order valence-corrected chi connectivity index (χ1v) is 8.68. The lowest BCUT2D eigenvalue weighted by Crippen LogP contribution is -2.59. The molecule has 2 aliphatic heterocycles. The van der Waals surface area contributed by atoms with E-state index in [0.717, 1.165) is 51.0 Å². The average molecular weight is 302 g/mol. The molecule has 1 aromatic rings. The van der Waals surface area contributed by atoms with Crippen molar-refractivity contribution >= 4 is 5.82 Å². The molecule has 22 heavy (non-hydrogen) atoms. The van der Waals surface area contributed by atoms with E-state index in [1.165, 1.54) is 36.9 Å². The molecule has 1 atom stereocenters. The Kier molecular flexibility index (Phi) is 4.01. The highest BCUT2D eigenvalue weighted by atomic mass is 16.5. The summed E-state index contributed by atoms with van der Waals surface area (Å²) in [5.41, 5.74) is 2.65. The second kappa shape index (κ2) is 6.13. The number of fused-ring (bicyclic) bond motifs is 1. The van der Waals surface area contributed by atoms with Crippen molar-refractivity contribution in [2.75, 3.05) is 44.8 Å². The van der Waals surface area contributed by atoms with E-state index in [1.54, 1.807) is 0 Å². The van der Waals surface area contributed by atoms with Crippen LogP contribution in [0.4, 0.5) is 5.82 Å². The predicted octanol–water partition coefficient (Wildman–Crippen LogP) is 1.51. The van der Waals surface area contributed by atoms with Crippen LogP contribution in [-0.2, 0) is 17.6 Å². The minimum atomic E-state index is 0.651. The van der Waals surface area contributed by atoms with Crippen molar-refractivity contribution in [3.63, 3.8) is 0 Å². The third-order valence-corrected chi connectivity index (χ3v) is 5.44. The van der Waals surface area contributed by atoms with Crippen molar-refractivity contribution < 1.29 is 4.74 Å². The summed E-state index contributed by atoms with van der Waals surface area (Å²) in [5.74, 6) is 1.80. The summed E-state index contributed by atoms with van der Waals surface area (Å²) in [6, 6.07) is 2.93. The highest BCUT2D eigenvalue weighted by Crippen LogP contribution is 2.26. The van der Waals surface area contributed by atoms with E-state index in [-0.39, 0.29) is 0 Å². The molecule has 2 saturated heterocycles. The number of likely N-dealkylation sites (N-methyl/N-ethyl adjacent to an activating group) is 1. The molecule has 5 nitrogen and oxygen atoms in total. The maximum Gasteiger partial charge on any atom is 0.151 e. The van der Waals surface area contributed by atoms with E-state index < -0.39 is 0 Å². The summed E-state index contributed by atoms with van der Waals surface area (Å²) in [6.45, 7) is 5.21. The fraction of sp³-hybridized carbons (Fsp3) is 0.765. The lowest BCUT2D eigenvalue weighted by molar-refractivity contribution is 0.149. The highest BCUT2D eigenvalue weighted by molar-refractivity contribution is 5.45. The number of aromatic nitrogens is 2. The minimum Gasteiger partial charge on any atom is -0.381 e. The summed E-state index contributed by atoms with van der Waals surface area (Å²) in [5, 5.41) is 8.90. The Morgan fingerprint density at radius 2 is 2.14 bits per heavy atom. The van der Waals surface area contributed by atoms with E-state index in [0.29, 0.717) is 6.04 Å². The first-order chi connectivity index (χ1) is 10.8. The van der Waals surface area contributed by atoms with E-state index in [9.17, 15) is 0 Å². The minimum absolute atomic E-state index is 0.651. The van der Waals surface area contributed by atoms with Crippen LogP contribution in [0.3, 0.4) is 0 Å². The van der Waals surface area contributed by atoms with Crippen LogP contribution < -0.4 is 4.90 Å². The molecule has 0 N–H and O–H groups in total. The maximum absolute atomic E-state index is 5.48. The zero-order valence-electron chi connectivity index (χ0n) is 13.5. The Balaban J connectivity index is 1.32. The smallest absolute Gasteiger partial charge is 0.151 e. The van der Waals surface area contributed by atoms with Gasteiger partial charge in [0.25, 0.3) is 0 Å². The Hall–Kier alpha value is -1.20. The van der Waals surface area contributed by atoms with Gasteiger partial charge in [-0.3, -0.25) is 4.90 Å². The lowest BCUT2D eigenvalue weighted by atomic mass is 9.96. The van der Waals surface area contributed by atoms with Crippen molar-refractivity contribution in [3.05, 3.63) is 17.3 Å².